The van der Waals surface area contributed by atoms with Gasteiger partial charge >= 0.3 is 0 Å². The first kappa shape index (κ1) is 16.5. The molecule has 2 amide bonds. The fraction of sp³-hybridized carbons (Fsp3) is 0.353. The Balaban J connectivity index is 1.75. The molecule has 1 aliphatic heterocycles. The Hall–Kier alpha value is -2.34. The molecule has 2 aromatic rings. The summed E-state index contributed by atoms with van der Waals surface area (Å²) in [7, 11) is 1.72. The highest BCUT2D eigenvalue weighted by molar-refractivity contribution is 6.33. The Labute approximate surface area is 145 Å². The highest BCUT2D eigenvalue weighted by atomic mass is 35.5. The van der Waals surface area contributed by atoms with E-state index in [4.69, 9.17) is 11.6 Å². The van der Waals surface area contributed by atoms with E-state index in [0.717, 1.165) is 32.4 Å². The molecule has 1 aromatic carbocycles. The predicted octanol–water partition coefficient (Wildman–Crippen LogP) is 2.95. The molecule has 2 heterocycles. The Bertz CT molecular complexity index is 766. The molecule has 0 saturated carbocycles. The minimum Gasteiger partial charge on any atom is -0.339 e. The first-order valence-corrected chi connectivity index (χ1v) is 8.32. The lowest BCUT2D eigenvalue weighted by Gasteiger charge is -2.26. The van der Waals surface area contributed by atoms with Gasteiger partial charge in [0.25, 0.3) is 11.8 Å². The molecule has 126 valence electrons. The van der Waals surface area contributed by atoms with Crippen molar-refractivity contribution in [1.29, 1.82) is 0 Å². The van der Waals surface area contributed by atoms with E-state index in [2.05, 4.69) is 10.4 Å². The van der Waals surface area contributed by atoms with Crippen LogP contribution >= 0.6 is 11.6 Å². The zero-order valence-corrected chi connectivity index (χ0v) is 14.2. The monoisotopic (exact) mass is 346 g/mol. The number of carbonyl (C=O) groups is 2. The van der Waals surface area contributed by atoms with Gasteiger partial charge in [0, 0.05) is 37.5 Å². The molecule has 0 atom stereocenters. The average Bonchev–Trinajstić information content (AvgIpc) is 2.92. The van der Waals surface area contributed by atoms with Crippen LogP contribution in [0.25, 0.3) is 0 Å². The molecule has 6 nitrogen and oxygen atoms in total. The molecule has 0 aliphatic carbocycles. The summed E-state index contributed by atoms with van der Waals surface area (Å²) in [5.41, 5.74) is 0.927. The van der Waals surface area contributed by atoms with Gasteiger partial charge in [-0.2, -0.15) is 5.10 Å². The van der Waals surface area contributed by atoms with Gasteiger partial charge in [0.1, 0.15) is 5.02 Å². The van der Waals surface area contributed by atoms with E-state index in [9.17, 15) is 9.59 Å². The van der Waals surface area contributed by atoms with E-state index in [1.807, 2.05) is 4.90 Å². The molecule has 1 saturated heterocycles. The van der Waals surface area contributed by atoms with Gasteiger partial charge in [-0.05, 0) is 37.5 Å². The number of benzene rings is 1. The zero-order valence-electron chi connectivity index (χ0n) is 13.5. The molecule has 1 aliphatic rings. The lowest BCUT2D eigenvalue weighted by atomic mass is 10.1. The standard InChI is InChI=1S/C17H19ClN4O2/c1-21-11-14(18)15(20-21)19-16(23)12-6-5-7-13(10-12)17(24)22-8-3-2-4-9-22/h5-7,10-11H,2-4,8-9H2,1H3,(H,19,20,23). The topological polar surface area (TPSA) is 67.2 Å². The molecular formula is C17H19ClN4O2. The lowest BCUT2D eigenvalue weighted by molar-refractivity contribution is 0.0724. The number of aryl methyl sites for hydroxylation is 1. The quantitative estimate of drug-likeness (QED) is 0.929. The number of aromatic nitrogens is 2. The molecule has 0 radical (unpaired) electrons. The Morgan fingerprint density at radius 3 is 2.54 bits per heavy atom. The van der Waals surface area contributed by atoms with E-state index >= 15 is 0 Å². The van der Waals surface area contributed by atoms with E-state index in [0.29, 0.717) is 22.0 Å². The normalized spacial score (nSPS) is 14.5. The SMILES string of the molecule is Cn1cc(Cl)c(NC(=O)c2cccc(C(=O)N3CCCCC3)c2)n1. The van der Waals surface area contributed by atoms with Crippen molar-refractivity contribution in [2.24, 2.45) is 7.05 Å². The third kappa shape index (κ3) is 3.59. The summed E-state index contributed by atoms with van der Waals surface area (Å²) in [5.74, 6) is -0.0685. The second-order valence-corrected chi connectivity index (χ2v) is 6.29. The van der Waals surface area contributed by atoms with Gasteiger partial charge in [0.15, 0.2) is 5.82 Å². The van der Waals surface area contributed by atoms with Crippen LogP contribution in [-0.2, 0) is 7.05 Å². The second kappa shape index (κ2) is 7.05. The van der Waals surface area contributed by atoms with Crippen molar-refractivity contribution in [3.8, 4) is 0 Å². The van der Waals surface area contributed by atoms with Gasteiger partial charge in [-0.1, -0.05) is 17.7 Å². The van der Waals surface area contributed by atoms with Crippen molar-refractivity contribution in [2.75, 3.05) is 18.4 Å². The number of nitrogens with one attached hydrogen (secondary N) is 1. The van der Waals surface area contributed by atoms with Crippen molar-refractivity contribution in [1.82, 2.24) is 14.7 Å². The summed E-state index contributed by atoms with van der Waals surface area (Å²) in [5, 5.41) is 7.12. The highest BCUT2D eigenvalue weighted by Crippen LogP contribution is 2.20. The van der Waals surface area contributed by atoms with E-state index in [1.54, 1.807) is 37.5 Å². The summed E-state index contributed by atoms with van der Waals surface area (Å²) < 4.78 is 1.52. The van der Waals surface area contributed by atoms with Gasteiger partial charge < -0.3 is 10.2 Å². The summed E-state index contributed by atoms with van der Waals surface area (Å²) in [4.78, 5) is 26.8. The number of halogens is 1. The summed E-state index contributed by atoms with van der Waals surface area (Å²) in [6.07, 6.45) is 4.83. The van der Waals surface area contributed by atoms with Crippen LogP contribution in [0.15, 0.2) is 30.5 Å². The molecule has 0 unspecified atom stereocenters. The van der Waals surface area contributed by atoms with Crippen molar-refractivity contribution >= 4 is 29.2 Å². The smallest absolute Gasteiger partial charge is 0.256 e. The second-order valence-electron chi connectivity index (χ2n) is 5.89. The van der Waals surface area contributed by atoms with Crippen LogP contribution in [0, 0.1) is 0 Å². The average molecular weight is 347 g/mol. The van der Waals surface area contributed by atoms with Crippen LogP contribution in [0.4, 0.5) is 5.82 Å². The number of likely N-dealkylation sites (tertiary alicyclic amines) is 1. The molecule has 1 aromatic heterocycles. The summed E-state index contributed by atoms with van der Waals surface area (Å²) in [6, 6.07) is 6.73. The van der Waals surface area contributed by atoms with Crippen molar-refractivity contribution in [3.05, 3.63) is 46.6 Å². The molecule has 0 bridgehead atoms. The number of anilines is 1. The maximum absolute atomic E-state index is 12.5. The van der Waals surface area contributed by atoms with Gasteiger partial charge in [-0.3, -0.25) is 14.3 Å². The van der Waals surface area contributed by atoms with Crippen molar-refractivity contribution in [2.45, 2.75) is 19.3 Å². The Morgan fingerprint density at radius 1 is 1.17 bits per heavy atom. The number of carbonyl (C=O) groups excluding carboxylic acids is 2. The van der Waals surface area contributed by atoms with Crippen LogP contribution in [0.1, 0.15) is 40.0 Å². The molecule has 7 heteroatoms. The molecule has 24 heavy (non-hydrogen) atoms. The number of rotatable bonds is 3. The third-order valence-corrected chi connectivity index (χ3v) is 4.31. The summed E-state index contributed by atoms with van der Waals surface area (Å²) >= 11 is 6.00. The summed E-state index contributed by atoms with van der Waals surface area (Å²) in [6.45, 7) is 1.55. The minimum absolute atomic E-state index is 0.0276. The van der Waals surface area contributed by atoms with Crippen molar-refractivity contribution < 1.29 is 9.59 Å². The predicted molar refractivity (Wildman–Crippen MR) is 92.4 cm³/mol. The van der Waals surface area contributed by atoms with Crippen LogP contribution < -0.4 is 5.32 Å². The van der Waals surface area contributed by atoms with Gasteiger partial charge in [-0.15, -0.1) is 0 Å². The Morgan fingerprint density at radius 2 is 1.88 bits per heavy atom. The number of amides is 2. The van der Waals surface area contributed by atoms with Gasteiger partial charge in [-0.25, -0.2) is 0 Å². The zero-order chi connectivity index (χ0) is 17.1. The van der Waals surface area contributed by atoms with Gasteiger partial charge in [0.05, 0.1) is 0 Å². The minimum atomic E-state index is -0.344. The molecule has 3 rings (SSSR count). The van der Waals surface area contributed by atoms with Gasteiger partial charge in [0.2, 0.25) is 0 Å². The van der Waals surface area contributed by atoms with E-state index in [-0.39, 0.29) is 11.8 Å². The Kier molecular flexibility index (Phi) is 4.85. The molecule has 0 spiro atoms. The third-order valence-electron chi connectivity index (χ3n) is 4.03. The highest BCUT2D eigenvalue weighted by Gasteiger charge is 2.19. The molecule has 1 N–H and O–H groups in total. The fourth-order valence-corrected chi connectivity index (χ4v) is 3.02. The van der Waals surface area contributed by atoms with Crippen LogP contribution in [0.5, 0.6) is 0 Å². The fourth-order valence-electron chi connectivity index (χ4n) is 2.80. The number of hydrogen-bond acceptors (Lipinski definition) is 3. The first-order valence-electron chi connectivity index (χ1n) is 7.94. The largest absolute Gasteiger partial charge is 0.339 e. The van der Waals surface area contributed by atoms with Crippen LogP contribution in [0.2, 0.25) is 5.02 Å². The maximum Gasteiger partial charge on any atom is 0.256 e. The maximum atomic E-state index is 12.5. The lowest BCUT2D eigenvalue weighted by Crippen LogP contribution is -2.35. The van der Waals surface area contributed by atoms with E-state index in [1.165, 1.54) is 4.68 Å². The van der Waals surface area contributed by atoms with Crippen LogP contribution in [-0.4, -0.2) is 39.6 Å². The number of hydrogen-bond donors (Lipinski definition) is 1. The molecule has 1 fully saturated rings. The molecular weight excluding hydrogens is 328 g/mol. The number of piperidine rings is 1. The van der Waals surface area contributed by atoms with Crippen LogP contribution in [0.3, 0.4) is 0 Å². The van der Waals surface area contributed by atoms with Crippen molar-refractivity contribution in [3.63, 3.8) is 0 Å². The number of nitrogens with zero attached hydrogens (tertiary/aromatic N) is 3. The van der Waals surface area contributed by atoms with E-state index < -0.39 is 0 Å². The first-order chi connectivity index (χ1) is 11.5.